The van der Waals surface area contributed by atoms with Crippen molar-refractivity contribution < 1.29 is 4.74 Å². The lowest BCUT2D eigenvalue weighted by Crippen LogP contribution is -2.40. The molecular formula is C14H22N6O. The number of hydrazine groups is 1. The highest BCUT2D eigenvalue weighted by Crippen LogP contribution is 2.24. The van der Waals surface area contributed by atoms with Gasteiger partial charge in [-0.05, 0) is 19.3 Å². The van der Waals surface area contributed by atoms with E-state index in [0.717, 1.165) is 50.4 Å². The van der Waals surface area contributed by atoms with E-state index in [4.69, 9.17) is 10.6 Å². The summed E-state index contributed by atoms with van der Waals surface area (Å²) < 4.78 is 7.84. The SMILES string of the molecule is CCCOC1CCCN(c2nc(NN)cn3ccnc23)C1. The van der Waals surface area contributed by atoms with Gasteiger partial charge in [-0.25, -0.2) is 15.8 Å². The van der Waals surface area contributed by atoms with E-state index >= 15 is 0 Å². The number of piperidine rings is 1. The lowest BCUT2D eigenvalue weighted by molar-refractivity contribution is 0.0439. The lowest BCUT2D eigenvalue weighted by Gasteiger charge is -2.33. The Bertz CT molecular complexity index is 598. The number of nitrogens with two attached hydrogens (primary N) is 1. The number of anilines is 2. The predicted molar refractivity (Wildman–Crippen MR) is 82.3 cm³/mol. The van der Waals surface area contributed by atoms with E-state index in [2.05, 4.69) is 27.2 Å². The van der Waals surface area contributed by atoms with Gasteiger partial charge in [-0.15, -0.1) is 0 Å². The molecule has 0 radical (unpaired) electrons. The maximum atomic E-state index is 5.90. The first-order valence-corrected chi connectivity index (χ1v) is 7.48. The number of nitrogens with zero attached hydrogens (tertiary/aromatic N) is 4. The van der Waals surface area contributed by atoms with E-state index in [1.807, 2.05) is 16.8 Å². The van der Waals surface area contributed by atoms with Crippen molar-refractivity contribution in [3.05, 3.63) is 18.6 Å². The Hall–Kier alpha value is -1.86. The third kappa shape index (κ3) is 2.93. The van der Waals surface area contributed by atoms with Crippen molar-refractivity contribution in [2.75, 3.05) is 30.0 Å². The molecule has 0 aliphatic carbocycles. The molecule has 1 saturated heterocycles. The monoisotopic (exact) mass is 290 g/mol. The first-order valence-electron chi connectivity index (χ1n) is 7.48. The van der Waals surface area contributed by atoms with Crippen LogP contribution in [-0.2, 0) is 4.74 Å². The van der Waals surface area contributed by atoms with Crippen LogP contribution in [0.25, 0.3) is 5.65 Å². The van der Waals surface area contributed by atoms with E-state index in [9.17, 15) is 0 Å². The number of aromatic nitrogens is 3. The van der Waals surface area contributed by atoms with Crippen LogP contribution in [0.5, 0.6) is 0 Å². The van der Waals surface area contributed by atoms with Crippen LogP contribution in [0.2, 0.25) is 0 Å². The number of hydrogen-bond donors (Lipinski definition) is 2. The van der Waals surface area contributed by atoms with Gasteiger partial charge in [-0.1, -0.05) is 6.92 Å². The number of ether oxygens (including phenoxy) is 1. The fourth-order valence-electron chi connectivity index (χ4n) is 2.75. The maximum Gasteiger partial charge on any atom is 0.180 e. The third-order valence-electron chi connectivity index (χ3n) is 3.74. The first kappa shape index (κ1) is 14.1. The van der Waals surface area contributed by atoms with E-state index in [0.29, 0.717) is 5.82 Å². The zero-order valence-electron chi connectivity index (χ0n) is 12.3. The highest BCUT2D eigenvalue weighted by Gasteiger charge is 2.23. The zero-order valence-corrected chi connectivity index (χ0v) is 12.3. The van der Waals surface area contributed by atoms with Gasteiger partial charge in [-0.3, -0.25) is 0 Å². The van der Waals surface area contributed by atoms with E-state index in [-0.39, 0.29) is 6.10 Å². The van der Waals surface area contributed by atoms with E-state index in [1.54, 1.807) is 6.20 Å². The molecule has 0 spiro atoms. The quantitative estimate of drug-likeness (QED) is 0.640. The number of nitrogens with one attached hydrogen (secondary N) is 1. The highest BCUT2D eigenvalue weighted by molar-refractivity contribution is 5.67. The smallest absolute Gasteiger partial charge is 0.180 e. The Kier molecular flexibility index (Phi) is 4.21. The topological polar surface area (TPSA) is 80.7 Å². The summed E-state index contributed by atoms with van der Waals surface area (Å²) in [6, 6.07) is 0. The minimum absolute atomic E-state index is 0.269. The van der Waals surface area contributed by atoms with Crippen molar-refractivity contribution in [1.82, 2.24) is 14.4 Å². The number of rotatable bonds is 5. The Balaban J connectivity index is 1.86. The molecule has 3 heterocycles. The summed E-state index contributed by atoms with van der Waals surface area (Å²) in [4.78, 5) is 11.2. The Morgan fingerprint density at radius 1 is 1.52 bits per heavy atom. The van der Waals surface area contributed by atoms with Gasteiger partial charge in [0.25, 0.3) is 0 Å². The van der Waals surface area contributed by atoms with Crippen LogP contribution in [0, 0.1) is 0 Å². The molecule has 1 aliphatic rings. The Labute approximate surface area is 124 Å². The summed E-state index contributed by atoms with van der Waals surface area (Å²) in [6.07, 6.45) is 9.03. The van der Waals surface area contributed by atoms with Crippen LogP contribution >= 0.6 is 0 Å². The number of nitrogen functional groups attached to an aromatic ring is 1. The number of hydrogen-bond acceptors (Lipinski definition) is 6. The molecule has 1 fully saturated rings. The molecule has 7 heteroatoms. The largest absolute Gasteiger partial charge is 0.376 e. The van der Waals surface area contributed by atoms with Gasteiger partial charge >= 0.3 is 0 Å². The molecule has 114 valence electrons. The molecule has 0 saturated carbocycles. The Morgan fingerprint density at radius 3 is 3.24 bits per heavy atom. The van der Waals surface area contributed by atoms with Crippen molar-refractivity contribution in [1.29, 1.82) is 0 Å². The van der Waals surface area contributed by atoms with Crippen molar-refractivity contribution in [3.63, 3.8) is 0 Å². The minimum Gasteiger partial charge on any atom is -0.376 e. The summed E-state index contributed by atoms with van der Waals surface area (Å²) in [5.41, 5.74) is 3.47. The molecule has 1 atom stereocenters. The number of fused-ring (bicyclic) bond motifs is 1. The summed E-state index contributed by atoms with van der Waals surface area (Å²) in [6.45, 7) is 4.76. The van der Waals surface area contributed by atoms with Crippen molar-refractivity contribution in [2.24, 2.45) is 5.84 Å². The van der Waals surface area contributed by atoms with E-state index < -0.39 is 0 Å². The first-order chi connectivity index (χ1) is 10.3. The molecule has 0 aromatic carbocycles. The fourth-order valence-corrected chi connectivity index (χ4v) is 2.75. The average molecular weight is 290 g/mol. The van der Waals surface area contributed by atoms with Gasteiger partial charge in [0.1, 0.15) is 0 Å². The van der Waals surface area contributed by atoms with Gasteiger partial charge < -0.3 is 19.5 Å². The summed E-state index contributed by atoms with van der Waals surface area (Å²) in [5, 5.41) is 0. The van der Waals surface area contributed by atoms with E-state index in [1.165, 1.54) is 0 Å². The maximum absolute atomic E-state index is 5.90. The van der Waals surface area contributed by atoms with Gasteiger partial charge in [0, 0.05) is 32.1 Å². The molecule has 1 aliphatic heterocycles. The summed E-state index contributed by atoms with van der Waals surface area (Å²) in [7, 11) is 0. The molecule has 2 aromatic rings. The fraction of sp³-hybridized carbons (Fsp3) is 0.571. The van der Waals surface area contributed by atoms with Crippen molar-refractivity contribution >= 4 is 17.3 Å². The second kappa shape index (κ2) is 6.28. The van der Waals surface area contributed by atoms with Crippen LogP contribution in [0.4, 0.5) is 11.6 Å². The molecule has 1 unspecified atom stereocenters. The highest BCUT2D eigenvalue weighted by atomic mass is 16.5. The molecule has 7 nitrogen and oxygen atoms in total. The standard InChI is InChI=1S/C14H22N6O/c1-2-8-21-11-4-3-6-19(9-11)14-13-16-5-7-20(13)10-12(17-14)18-15/h5,7,10-11,18H,2-4,6,8-9,15H2,1H3. The second-order valence-corrected chi connectivity index (χ2v) is 5.33. The molecule has 3 N–H and O–H groups in total. The molecule has 0 amide bonds. The van der Waals surface area contributed by atoms with Gasteiger partial charge in [0.15, 0.2) is 17.3 Å². The summed E-state index contributed by atoms with van der Waals surface area (Å²) in [5.74, 6) is 7.00. The molecule has 3 rings (SSSR count). The molecule has 2 aromatic heterocycles. The Morgan fingerprint density at radius 2 is 2.43 bits per heavy atom. The lowest BCUT2D eigenvalue weighted by atomic mass is 10.1. The molecule has 0 bridgehead atoms. The minimum atomic E-state index is 0.269. The second-order valence-electron chi connectivity index (χ2n) is 5.33. The van der Waals surface area contributed by atoms with Crippen LogP contribution in [0.15, 0.2) is 18.6 Å². The normalized spacial score (nSPS) is 19.1. The van der Waals surface area contributed by atoms with Gasteiger partial charge in [0.2, 0.25) is 0 Å². The summed E-state index contributed by atoms with van der Waals surface area (Å²) >= 11 is 0. The van der Waals surface area contributed by atoms with Crippen LogP contribution in [0.3, 0.4) is 0 Å². The van der Waals surface area contributed by atoms with Crippen LogP contribution in [0.1, 0.15) is 26.2 Å². The third-order valence-corrected chi connectivity index (χ3v) is 3.74. The molecule has 21 heavy (non-hydrogen) atoms. The van der Waals surface area contributed by atoms with Gasteiger partial charge in [0.05, 0.1) is 12.3 Å². The number of imidazole rings is 1. The van der Waals surface area contributed by atoms with Crippen molar-refractivity contribution in [2.45, 2.75) is 32.3 Å². The average Bonchev–Trinajstić information content (AvgIpc) is 3.00. The van der Waals surface area contributed by atoms with Crippen molar-refractivity contribution in [3.8, 4) is 0 Å². The van der Waals surface area contributed by atoms with Crippen LogP contribution < -0.4 is 16.2 Å². The molecular weight excluding hydrogens is 268 g/mol. The predicted octanol–water partition coefficient (Wildman–Crippen LogP) is 1.41. The van der Waals surface area contributed by atoms with Gasteiger partial charge in [-0.2, -0.15) is 0 Å². The van der Waals surface area contributed by atoms with Crippen LogP contribution in [-0.4, -0.2) is 40.2 Å². The zero-order chi connectivity index (χ0) is 14.7.